The van der Waals surface area contributed by atoms with E-state index in [0.29, 0.717) is 17.5 Å². The number of amides is 1. The van der Waals surface area contributed by atoms with Gasteiger partial charge in [-0.2, -0.15) is 5.10 Å². The molecule has 1 aromatic carbocycles. The van der Waals surface area contributed by atoms with Crippen molar-refractivity contribution >= 4 is 46.0 Å². The molecule has 0 saturated carbocycles. The van der Waals surface area contributed by atoms with Crippen LogP contribution in [0.25, 0.3) is 11.0 Å². The van der Waals surface area contributed by atoms with Crippen LogP contribution in [0.15, 0.2) is 48.0 Å². The quantitative estimate of drug-likeness (QED) is 0.405. The van der Waals surface area contributed by atoms with Gasteiger partial charge in [0.05, 0.1) is 34.8 Å². The van der Waals surface area contributed by atoms with Gasteiger partial charge in [-0.15, -0.1) is 5.10 Å². The van der Waals surface area contributed by atoms with Gasteiger partial charge in [0.1, 0.15) is 12.2 Å². The van der Waals surface area contributed by atoms with Crippen molar-refractivity contribution in [3.63, 3.8) is 0 Å². The van der Waals surface area contributed by atoms with Gasteiger partial charge in [0.15, 0.2) is 10.9 Å². The normalized spacial score (nSPS) is 11.0. The molecule has 11 heteroatoms. The number of rotatable bonds is 5. The molecule has 1 N–H and O–H groups in total. The molecule has 0 atom stereocenters. The molecule has 0 aliphatic carbocycles. The van der Waals surface area contributed by atoms with E-state index in [9.17, 15) is 4.79 Å². The molecule has 0 aliphatic rings. The Bertz CT molecular complexity index is 1120. The van der Waals surface area contributed by atoms with Crippen LogP contribution in [0, 0.1) is 0 Å². The fourth-order valence-corrected chi connectivity index (χ4v) is 2.98. The summed E-state index contributed by atoms with van der Waals surface area (Å²) in [6.45, 7) is 0.362. The maximum atomic E-state index is 12.4. The first-order valence-corrected chi connectivity index (χ1v) is 9.43. The number of thioether (sulfide) groups is 1. The zero-order valence-electron chi connectivity index (χ0n) is 14.1. The highest BCUT2D eigenvalue weighted by Crippen LogP contribution is 2.18. The van der Waals surface area contributed by atoms with E-state index >= 15 is 0 Å². The van der Waals surface area contributed by atoms with Gasteiger partial charge in [-0.05, 0) is 18.4 Å². The van der Waals surface area contributed by atoms with Crippen molar-refractivity contribution in [2.45, 2.75) is 11.8 Å². The smallest absolute Gasteiger partial charge is 0.276 e. The van der Waals surface area contributed by atoms with Gasteiger partial charge in [-0.1, -0.05) is 40.7 Å². The molecule has 27 heavy (non-hydrogen) atoms. The number of benzene rings is 1. The first-order chi connectivity index (χ1) is 13.1. The fraction of sp³-hybridized carbons (Fsp3) is 0.125. The summed E-state index contributed by atoms with van der Waals surface area (Å²) in [6, 6.07) is 7.65. The minimum Gasteiger partial charge on any atom is -0.318 e. The molecule has 0 unspecified atom stereocenters. The third-order valence-corrected chi connectivity index (χ3v) is 4.55. The summed E-state index contributed by atoms with van der Waals surface area (Å²) in [5.74, 6) is -0.427. The van der Waals surface area contributed by atoms with Crippen molar-refractivity contribution in [2.24, 2.45) is 0 Å². The number of anilines is 1. The zero-order valence-corrected chi connectivity index (χ0v) is 15.6. The first kappa shape index (κ1) is 17.4. The van der Waals surface area contributed by atoms with Crippen LogP contribution in [0.2, 0.25) is 5.02 Å². The second kappa shape index (κ2) is 7.33. The van der Waals surface area contributed by atoms with Gasteiger partial charge in [0.2, 0.25) is 0 Å². The van der Waals surface area contributed by atoms with Crippen LogP contribution in [0.3, 0.4) is 0 Å². The molecule has 4 aromatic rings. The number of fused-ring (bicyclic) bond motifs is 1. The molecule has 0 aliphatic heterocycles. The van der Waals surface area contributed by atoms with Crippen LogP contribution in [0.5, 0.6) is 0 Å². The van der Waals surface area contributed by atoms with Crippen molar-refractivity contribution in [2.75, 3.05) is 11.6 Å². The Morgan fingerprint density at radius 3 is 3.00 bits per heavy atom. The molecule has 0 spiro atoms. The lowest BCUT2D eigenvalue weighted by atomic mass is 10.3. The lowest BCUT2D eigenvalue weighted by Gasteiger charge is -2.05. The maximum absolute atomic E-state index is 12.4. The molecule has 1 amide bonds. The summed E-state index contributed by atoms with van der Waals surface area (Å²) in [5, 5.41) is 15.9. The summed E-state index contributed by atoms with van der Waals surface area (Å²) in [4.78, 5) is 20.6. The average Bonchev–Trinajstić information content (AvgIpc) is 3.29. The second-order valence-corrected chi connectivity index (χ2v) is 6.68. The van der Waals surface area contributed by atoms with E-state index in [1.165, 1.54) is 18.0 Å². The topological polar surface area (TPSA) is 103 Å². The SMILES string of the molecule is CSc1ncc(Cl)c(C(=O)Nc2cnn(Cn3nnc4ccccc43)c2)n1. The van der Waals surface area contributed by atoms with E-state index in [-0.39, 0.29) is 10.7 Å². The van der Waals surface area contributed by atoms with E-state index in [0.717, 1.165) is 11.0 Å². The van der Waals surface area contributed by atoms with Crippen LogP contribution in [-0.2, 0) is 6.67 Å². The number of aromatic nitrogens is 7. The Hall–Kier alpha value is -2.98. The number of hydrogen-bond acceptors (Lipinski definition) is 7. The summed E-state index contributed by atoms with van der Waals surface area (Å²) >= 11 is 7.36. The van der Waals surface area contributed by atoms with Gasteiger partial charge in [-0.3, -0.25) is 4.79 Å². The first-order valence-electron chi connectivity index (χ1n) is 7.82. The van der Waals surface area contributed by atoms with Crippen LogP contribution < -0.4 is 5.32 Å². The number of nitrogens with zero attached hydrogens (tertiary/aromatic N) is 7. The number of hydrogen-bond donors (Lipinski definition) is 1. The third kappa shape index (κ3) is 3.62. The Balaban J connectivity index is 1.50. The van der Waals surface area contributed by atoms with Crippen molar-refractivity contribution in [1.29, 1.82) is 0 Å². The molecule has 3 heterocycles. The number of halogens is 1. The van der Waals surface area contributed by atoms with E-state index in [1.807, 2.05) is 30.5 Å². The third-order valence-electron chi connectivity index (χ3n) is 3.71. The predicted molar refractivity (Wildman–Crippen MR) is 102 cm³/mol. The van der Waals surface area contributed by atoms with Crippen LogP contribution in [0.1, 0.15) is 10.5 Å². The maximum Gasteiger partial charge on any atom is 0.276 e. The van der Waals surface area contributed by atoms with E-state index in [1.54, 1.807) is 21.8 Å². The fourth-order valence-electron chi connectivity index (χ4n) is 2.46. The van der Waals surface area contributed by atoms with Crippen molar-refractivity contribution < 1.29 is 4.79 Å². The summed E-state index contributed by atoms with van der Waals surface area (Å²) in [5.41, 5.74) is 2.34. The van der Waals surface area contributed by atoms with Gasteiger partial charge >= 0.3 is 0 Å². The molecule has 3 aromatic heterocycles. The molecule has 0 fully saturated rings. The molecule has 9 nitrogen and oxygen atoms in total. The number of nitrogens with one attached hydrogen (secondary N) is 1. The minimum absolute atomic E-state index is 0.117. The average molecular weight is 401 g/mol. The van der Waals surface area contributed by atoms with Crippen molar-refractivity contribution in [1.82, 2.24) is 34.7 Å². The number of carbonyl (C=O) groups is 1. The second-order valence-electron chi connectivity index (χ2n) is 5.49. The molecule has 136 valence electrons. The summed E-state index contributed by atoms with van der Waals surface area (Å²) in [6.07, 6.45) is 6.47. The van der Waals surface area contributed by atoms with Crippen molar-refractivity contribution in [3.8, 4) is 0 Å². The number of para-hydroxylation sites is 1. The highest BCUT2D eigenvalue weighted by atomic mass is 35.5. The molecule has 4 rings (SSSR count). The van der Waals surface area contributed by atoms with E-state index < -0.39 is 5.91 Å². The Morgan fingerprint density at radius 1 is 1.30 bits per heavy atom. The highest BCUT2D eigenvalue weighted by Gasteiger charge is 2.15. The zero-order chi connectivity index (χ0) is 18.8. The Kier molecular flexibility index (Phi) is 4.73. The summed E-state index contributed by atoms with van der Waals surface area (Å²) < 4.78 is 3.37. The molecular formula is C16H13ClN8OS. The van der Waals surface area contributed by atoms with Crippen molar-refractivity contribution in [3.05, 3.63) is 53.6 Å². The Morgan fingerprint density at radius 2 is 2.15 bits per heavy atom. The monoisotopic (exact) mass is 400 g/mol. The number of carbonyl (C=O) groups excluding carboxylic acids is 1. The highest BCUT2D eigenvalue weighted by molar-refractivity contribution is 7.98. The summed E-state index contributed by atoms with van der Waals surface area (Å²) in [7, 11) is 0. The van der Waals surface area contributed by atoms with Crippen LogP contribution in [0.4, 0.5) is 5.69 Å². The lowest BCUT2D eigenvalue weighted by Crippen LogP contribution is -2.15. The molecular weight excluding hydrogens is 388 g/mol. The molecule has 0 bridgehead atoms. The van der Waals surface area contributed by atoms with Gasteiger partial charge in [0, 0.05) is 0 Å². The van der Waals surface area contributed by atoms with Crippen LogP contribution >= 0.6 is 23.4 Å². The lowest BCUT2D eigenvalue weighted by molar-refractivity contribution is 0.102. The minimum atomic E-state index is -0.427. The van der Waals surface area contributed by atoms with Gasteiger partial charge in [0.25, 0.3) is 5.91 Å². The van der Waals surface area contributed by atoms with E-state index in [2.05, 4.69) is 30.7 Å². The standard InChI is InChI=1S/C16H13ClN8OS/c1-27-16-18-7-11(17)14(21-16)15(26)20-10-6-19-24(8-10)9-25-13-5-3-2-4-12(13)22-23-25/h2-8H,9H2,1H3,(H,20,26). The molecule has 0 saturated heterocycles. The largest absolute Gasteiger partial charge is 0.318 e. The van der Waals surface area contributed by atoms with Gasteiger partial charge in [-0.25, -0.2) is 19.3 Å². The van der Waals surface area contributed by atoms with Gasteiger partial charge < -0.3 is 5.32 Å². The predicted octanol–water partition coefficient (Wildman–Crippen LogP) is 2.55. The van der Waals surface area contributed by atoms with E-state index in [4.69, 9.17) is 11.6 Å². The Labute approximate surface area is 162 Å². The van der Waals surface area contributed by atoms with Crippen LogP contribution in [-0.4, -0.2) is 46.9 Å². The molecule has 0 radical (unpaired) electrons.